The number of rotatable bonds is 6. The van der Waals surface area contributed by atoms with Gasteiger partial charge in [0.15, 0.2) is 11.5 Å². The van der Waals surface area contributed by atoms with Crippen LogP contribution in [0.3, 0.4) is 0 Å². The Bertz CT molecular complexity index is 458. The Morgan fingerprint density at radius 2 is 1.90 bits per heavy atom. The van der Waals surface area contributed by atoms with E-state index in [1.54, 1.807) is 21.3 Å². The van der Waals surface area contributed by atoms with Gasteiger partial charge in [-0.25, -0.2) is 0 Å². The van der Waals surface area contributed by atoms with Crippen LogP contribution in [0.25, 0.3) is 0 Å². The summed E-state index contributed by atoms with van der Waals surface area (Å²) in [6.45, 7) is 1.62. The Morgan fingerprint density at radius 1 is 1.14 bits per heavy atom. The van der Waals surface area contributed by atoms with Crippen LogP contribution in [0, 0.1) is 5.92 Å². The number of ether oxygens (including phenoxy) is 4. The summed E-state index contributed by atoms with van der Waals surface area (Å²) in [6.07, 6.45) is 2.24. The van der Waals surface area contributed by atoms with Crippen LogP contribution in [0.2, 0.25) is 0 Å². The van der Waals surface area contributed by atoms with Gasteiger partial charge in [0.1, 0.15) is 0 Å². The molecule has 5 nitrogen and oxygen atoms in total. The van der Waals surface area contributed by atoms with Gasteiger partial charge in [-0.2, -0.15) is 0 Å². The molecule has 1 aromatic carbocycles. The number of hydrogen-bond acceptors (Lipinski definition) is 5. The molecule has 0 amide bonds. The lowest BCUT2D eigenvalue weighted by atomic mass is 9.88. The van der Waals surface area contributed by atoms with Crippen LogP contribution in [-0.2, 0) is 4.74 Å². The van der Waals surface area contributed by atoms with E-state index in [9.17, 15) is 0 Å². The molecule has 5 heteroatoms. The minimum Gasteiger partial charge on any atom is -0.493 e. The maximum absolute atomic E-state index is 5.62. The van der Waals surface area contributed by atoms with E-state index in [1.807, 2.05) is 19.2 Å². The molecule has 2 rings (SSSR count). The first-order chi connectivity index (χ1) is 10.3. The molecule has 1 N–H and O–H groups in total. The lowest BCUT2D eigenvalue weighted by Gasteiger charge is -2.31. The highest BCUT2D eigenvalue weighted by Gasteiger charge is 2.29. The molecule has 0 aromatic heterocycles. The van der Waals surface area contributed by atoms with Gasteiger partial charge in [-0.05, 0) is 32.0 Å². The predicted molar refractivity (Wildman–Crippen MR) is 81.4 cm³/mol. The van der Waals surface area contributed by atoms with Crippen molar-refractivity contribution in [2.75, 3.05) is 41.6 Å². The highest BCUT2D eigenvalue weighted by molar-refractivity contribution is 5.56. The molecule has 1 aromatic rings. The Kier molecular flexibility index (Phi) is 5.70. The summed E-state index contributed by atoms with van der Waals surface area (Å²) in [5, 5.41) is 3.40. The maximum atomic E-state index is 5.62. The van der Waals surface area contributed by atoms with E-state index in [2.05, 4.69) is 5.32 Å². The van der Waals surface area contributed by atoms with E-state index in [1.165, 1.54) is 0 Å². The molecule has 2 atom stereocenters. The maximum Gasteiger partial charge on any atom is 0.203 e. The Balaban J connectivity index is 2.40. The molecule has 1 heterocycles. The van der Waals surface area contributed by atoms with Crippen molar-refractivity contribution in [1.29, 1.82) is 0 Å². The summed E-state index contributed by atoms with van der Waals surface area (Å²) in [7, 11) is 6.88. The van der Waals surface area contributed by atoms with Crippen LogP contribution < -0.4 is 19.5 Å². The minimum absolute atomic E-state index is 0.167. The van der Waals surface area contributed by atoms with E-state index in [-0.39, 0.29) is 6.04 Å². The quantitative estimate of drug-likeness (QED) is 0.873. The van der Waals surface area contributed by atoms with Gasteiger partial charge in [0.2, 0.25) is 5.75 Å². The van der Waals surface area contributed by atoms with Crippen LogP contribution >= 0.6 is 0 Å². The third kappa shape index (κ3) is 3.24. The van der Waals surface area contributed by atoms with Crippen LogP contribution in [0.15, 0.2) is 12.1 Å². The summed E-state index contributed by atoms with van der Waals surface area (Å²) in [6, 6.07) is 4.13. The standard InChI is InChI=1S/C16H25NO4/c1-17-14(11-6-5-9-21-10-11)12-7-8-13(18-2)16(20-4)15(12)19-3/h7-8,11,14,17H,5-6,9-10H2,1-4H3. The Morgan fingerprint density at radius 3 is 2.43 bits per heavy atom. The second kappa shape index (κ2) is 7.52. The van der Waals surface area contributed by atoms with Crippen molar-refractivity contribution in [3.8, 4) is 17.2 Å². The zero-order chi connectivity index (χ0) is 15.2. The summed E-state index contributed by atoms with van der Waals surface area (Å²) in [4.78, 5) is 0. The summed E-state index contributed by atoms with van der Waals surface area (Å²) < 4.78 is 22.0. The molecular formula is C16H25NO4. The van der Waals surface area contributed by atoms with Gasteiger partial charge in [0, 0.05) is 24.1 Å². The van der Waals surface area contributed by atoms with Gasteiger partial charge in [0.05, 0.1) is 27.9 Å². The van der Waals surface area contributed by atoms with E-state index < -0.39 is 0 Å². The molecule has 1 aliphatic rings. The SMILES string of the molecule is CNC(c1ccc(OC)c(OC)c1OC)C1CCCOC1. The molecule has 0 spiro atoms. The highest BCUT2D eigenvalue weighted by atomic mass is 16.5. The first-order valence-electron chi connectivity index (χ1n) is 7.30. The molecule has 1 aliphatic heterocycles. The Hall–Kier alpha value is -1.46. The van der Waals surface area contributed by atoms with Gasteiger partial charge in [0.25, 0.3) is 0 Å². The normalized spacial score (nSPS) is 19.9. The third-order valence-corrected chi connectivity index (χ3v) is 4.05. The fourth-order valence-corrected chi connectivity index (χ4v) is 3.04. The van der Waals surface area contributed by atoms with E-state index in [0.29, 0.717) is 17.4 Å². The predicted octanol–water partition coefficient (Wildman–Crippen LogP) is 2.40. The second-order valence-corrected chi connectivity index (χ2v) is 5.17. The number of benzene rings is 1. The van der Waals surface area contributed by atoms with Crippen molar-refractivity contribution in [2.24, 2.45) is 5.92 Å². The summed E-state index contributed by atoms with van der Waals surface area (Å²) >= 11 is 0. The van der Waals surface area contributed by atoms with E-state index in [0.717, 1.165) is 37.4 Å². The molecule has 2 unspecified atom stereocenters. The summed E-state index contributed by atoms with van der Waals surface area (Å²) in [5.74, 6) is 2.46. The van der Waals surface area contributed by atoms with Crippen LogP contribution in [0.5, 0.6) is 17.2 Å². The van der Waals surface area contributed by atoms with Crippen molar-refractivity contribution in [2.45, 2.75) is 18.9 Å². The van der Waals surface area contributed by atoms with Crippen molar-refractivity contribution in [1.82, 2.24) is 5.32 Å². The van der Waals surface area contributed by atoms with E-state index in [4.69, 9.17) is 18.9 Å². The molecule has 118 valence electrons. The second-order valence-electron chi connectivity index (χ2n) is 5.17. The first kappa shape index (κ1) is 15.9. The van der Waals surface area contributed by atoms with Gasteiger partial charge >= 0.3 is 0 Å². The molecular weight excluding hydrogens is 270 g/mol. The van der Waals surface area contributed by atoms with Gasteiger partial charge in [-0.1, -0.05) is 0 Å². The monoisotopic (exact) mass is 295 g/mol. The van der Waals surface area contributed by atoms with E-state index >= 15 is 0 Å². The lowest BCUT2D eigenvalue weighted by Crippen LogP contribution is -2.31. The highest BCUT2D eigenvalue weighted by Crippen LogP contribution is 2.44. The average molecular weight is 295 g/mol. The fourth-order valence-electron chi connectivity index (χ4n) is 3.04. The topological polar surface area (TPSA) is 49.0 Å². The van der Waals surface area contributed by atoms with Gasteiger partial charge < -0.3 is 24.3 Å². The molecule has 0 saturated carbocycles. The molecule has 21 heavy (non-hydrogen) atoms. The molecule has 1 fully saturated rings. The van der Waals surface area contributed by atoms with Crippen LogP contribution in [-0.4, -0.2) is 41.6 Å². The molecule has 0 radical (unpaired) electrons. The Labute approximate surface area is 126 Å². The molecule has 0 aliphatic carbocycles. The number of hydrogen-bond donors (Lipinski definition) is 1. The zero-order valence-corrected chi connectivity index (χ0v) is 13.3. The van der Waals surface area contributed by atoms with Crippen molar-refractivity contribution >= 4 is 0 Å². The van der Waals surface area contributed by atoms with Crippen molar-refractivity contribution < 1.29 is 18.9 Å². The van der Waals surface area contributed by atoms with Crippen LogP contribution in [0.1, 0.15) is 24.4 Å². The largest absolute Gasteiger partial charge is 0.493 e. The molecule has 0 bridgehead atoms. The van der Waals surface area contributed by atoms with Crippen molar-refractivity contribution in [3.63, 3.8) is 0 Å². The first-order valence-corrected chi connectivity index (χ1v) is 7.30. The average Bonchev–Trinajstić information content (AvgIpc) is 2.55. The van der Waals surface area contributed by atoms with Gasteiger partial charge in [-0.3, -0.25) is 0 Å². The smallest absolute Gasteiger partial charge is 0.203 e. The minimum atomic E-state index is 0.167. The van der Waals surface area contributed by atoms with Gasteiger partial charge in [-0.15, -0.1) is 0 Å². The summed E-state index contributed by atoms with van der Waals surface area (Å²) in [5.41, 5.74) is 1.08. The lowest BCUT2D eigenvalue weighted by molar-refractivity contribution is 0.0398. The number of methoxy groups -OCH3 is 3. The van der Waals surface area contributed by atoms with Crippen LogP contribution in [0.4, 0.5) is 0 Å². The fraction of sp³-hybridized carbons (Fsp3) is 0.625. The zero-order valence-electron chi connectivity index (χ0n) is 13.3. The third-order valence-electron chi connectivity index (χ3n) is 4.05. The van der Waals surface area contributed by atoms with Crippen molar-refractivity contribution in [3.05, 3.63) is 17.7 Å². The molecule has 1 saturated heterocycles. The number of nitrogens with one attached hydrogen (secondary N) is 1.